The minimum Gasteiger partial charge on any atom is -0.264 e. The van der Waals surface area contributed by atoms with Gasteiger partial charge in [-0.15, -0.1) is 0 Å². The number of hydrogen-bond acceptors (Lipinski definition) is 2. The zero-order valence-electron chi connectivity index (χ0n) is 7.50. The minimum atomic E-state index is 0.695. The van der Waals surface area contributed by atoms with E-state index in [-0.39, 0.29) is 0 Å². The van der Waals surface area contributed by atoms with E-state index in [9.17, 15) is 0 Å². The predicted octanol–water partition coefficient (Wildman–Crippen LogP) is 2.76. The van der Waals surface area contributed by atoms with E-state index in [1.54, 1.807) is 0 Å². The Labute approximate surface area is 82.8 Å². The largest absolute Gasteiger partial charge is 0.264 e. The second-order valence-electron chi connectivity index (χ2n) is 3.18. The lowest BCUT2D eigenvalue weighted by molar-refractivity contribution is 0.921. The van der Waals surface area contributed by atoms with Gasteiger partial charge in [0.05, 0.1) is 5.69 Å². The molecule has 3 heteroatoms. The van der Waals surface area contributed by atoms with E-state index in [4.69, 9.17) is 11.6 Å². The van der Waals surface area contributed by atoms with Gasteiger partial charge in [-0.25, -0.2) is 0 Å². The Morgan fingerprint density at radius 2 is 2.00 bits per heavy atom. The number of hydrazone groups is 1. The first-order chi connectivity index (χ1) is 6.25. The quantitative estimate of drug-likeness (QED) is 0.671. The molecule has 0 amide bonds. The highest BCUT2D eigenvalue weighted by Crippen LogP contribution is 2.20. The Morgan fingerprint density at radius 3 is 2.54 bits per heavy atom. The third kappa shape index (κ3) is 1.83. The molecule has 1 aromatic carbocycles. The summed E-state index contributed by atoms with van der Waals surface area (Å²) in [5.74, 6) is 0. The van der Waals surface area contributed by atoms with Gasteiger partial charge in [-0.05, 0) is 19.1 Å². The second-order valence-corrected chi connectivity index (χ2v) is 3.62. The highest BCUT2D eigenvalue weighted by molar-refractivity contribution is 6.65. The molecule has 0 fully saturated rings. The SMILES string of the molecule is Cc1ccc(N2CCC(Cl)=N2)cc1. The van der Waals surface area contributed by atoms with Crippen LogP contribution in [0.25, 0.3) is 0 Å². The molecule has 0 saturated heterocycles. The first kappa shape index (κ1) is 8.57. The van der Waals surface area contributed by atoms with Crippen molar-refractivity contribution in [3.05, 3.63) is 29.8 Å². The molecule has 1 aliphatic heterocycles. The molecule has 0 bridgehead atoms. The predicted molar refractivity (Wildman–Crippen MR) is 56.4 cm³/mol. The van der Waals surface area contributed by atoms with Crippen LogP contribution in [-0.4, -0.2) is 11.7 Å². The zero-order chi connectivity index (χ0) is 9.26. The molecule has 2 nitrogen and oxygen atoms in total. The van der Waals surface area contributed by atoms with Crippen LogP contribution < -0.4 is 5.01 Å². The average molecular weight is 195 g/mol. The molecule has 0 aromatic heterocycles. The number of aryl methyl sites for hydroxylation is 1. The van der Waals surface area contributed by atoms with Crippen LogP contribution in [-0.2, 0) is 0 Å². The number of halogens is 1. The first-order valence-electron chi connectivity index (χ1n) is 4.33. The summed E-state index contributed by atoms with van der Waals surface area (Å²) in [5, 5.41) is 6.83. The van der Waals surface area contributed by atoms with Gasteiger partial charge in [0.1, 0.15) is 5.17 Å². The van der Waals surface area contributed by atoms with Gasteiger partial charge >= 0.3 is 0 Å². The van der Waals surface area contributed by atoms with Crippen molar-refractivity contribution in [1.82, 2.24) is 0 Å². The Balaban J connectivity index is 2.22. The van der Waals surface area contributed by atoms with Crippen molar-refractivity contribution in [3.8, 4) is 0 Å². The van der Waals surface area contributed by atoms with Gasteiger partial charge in [-0.3, -0.25) is 5.01 Å². The van der Waals surface area contributed by atoms with Crippen LogP contribution in [0.1, 0.15) is 12.0 Å². The summed E-state index contributed by atoms with van der Waals surface area (Å²) in [4.78, 5) is 0. The van der Waals surface area contributed by atoms with Crippen LogP contribution in [0.5, 0.6) is 0 Å². The van der Waals surface area contributed by atoms with Gasteiger partial charge in [0.25, 0.3) is 0 Å². The summed E-state index contributed by atoms with van der Waals surface area (Å²) in [6.45, 7) is 2.96. The summed E-state index contributed by atoms with van der Waals surface area (Å²) >= 11 is 5.80. The van der Waals surface area contributed by atoms with E-state index in [0.717, 1.165) is 18.7 Å². The fourth-order valence-electron chi connectivity index (χ4n) is 1.33. The topological polar surface area (TPSA) is 15.6 Å². The van der Waals surface area contributed by atoms with Crippen molar-refractivity contribution in [2.75, 3.05) is 11.6 Å². The van der Waals surface area contributed by atoms with Crippen LogP contribution in [0.15, 0.2) is 29.4 Å². The molecule has 0 radical (unpaired) electrons. The summed E-state index contributed by atoms with van der Waals surface area (Å²) in [6.07, 6.45) is 0.857. The van der Waals surface area contributed by atoms with Crippen molar-refractivity contribution in [2.45, 2.75) is 13.3 Å². The van der Waals surface area contributed by atoms with Crippen molar-refractivity contribution < 1.29 is 0 Å². The van der Waals surface area contributed by atoms with Gasteiger partial charge in [0, 0.05) is 13.0 Å². The van der Waals surface area contributed by atoms with Crippen molar-refractivity contribution in [2.24, 2.45) is 5.10 Å². The Kier molecular flexibility index (Phi) is 2.23. The smallest absolute Gasteiger partial charge is 0.128 e. The molecule has 13 heavy (non-hydrogen) atoms. The van der Waals surface area contributed by atoms with Crippen LogP contribution >= 0.6 is 11.6 Å². The molecule has 2 rings (SSSR count). The molecule has 0 N–H and O–H groups in total. The van der Waals surface area contributed by atoms with Gasteiger partial charge in [-0.2, -0.15) is 5.10 Å². The molecule has 0 saturated carbocycles. The summed E-state index contributed by atoms with van der Waals surface area (Å²) in [7, 11) is 0. The van der Waals surface area contributed by atoms with Crippen molar-refractivity contribution >= 4 is 22.5 Å². The van der Waals surface area contributed by atoms with Crippen molar-refractivity contribution in [1.29, 1.82) is 0 Å². The van der Waals surface area contributed by atoms with E-state index in [1.165, 1.54) is 5.56 Å². The number of anilines is 1. The normalized spacial score (nSPS) is 16.2. The van der Waals surface area contributed by atoms with Gasteiger partial charge in [0.2, 0.25) is 0 Å². The van der Waals surface area contributed by atoms with Gasteiger partial charge in [0.15, 0.2) is 0 Å². The highest BCUT2D eigenvalue weighted by atomic mass is 35.5. The van der Waals surface area contributed by atoms with Crippen LogP contribution in [0.3, 0.4) is 0 Å². The molecule has 1 aliphatic rings. The molecular weight excluding hydrogens is 184 g/mol. The first-order valence-corrected chi connectivity index (χ1v) is 4.71. The number of benzene rings is 1. The summed E-state index contributed by atoms with van der Waals surface area (Å²) in [6, 6.07) is 8.29. The molecule has 0 atom stereocenters. The lowest BCUT2D eigenvalue weighted by atomic mass is 10.2. The summed E-state index contributed by atoms with van der Waals surface area (Å²) in [5.41, 5.74) is 2.37. The molecule has 0 aliphatic carbocycles. The van der Waals surface area contributed by atoms with Crippen molar-refractivity contribution in [3.63, 3.8) is 0 Å². The lowest BCUT2D eigenvalue weighted by Crippen LogP contribution is -2.11. The Morgan fingerprint density at radius 1 is 1.31 bits per heavy atom. The Hall–Kier alpha value is -1.02. The Bertz CT molecular complexity index is 329. The highest BCUT2D eigenvalue weighted by Gasteiger charge is 2.13. The monoisotopic (exact) mass is 194 g/mol. The average Bonchev–Trinajstić information content (AvgIpc) is 2.53. The van der Waals surface area contributed by atoms with Crippen LogP contribution in [0, 0.1) is 6.92 Å². The molecule has 1 aromatic rings. The van der Waals surface area contributed by atoms with E-state index < -0.39 is 0 Å². The third-order valence-corrected chi connectivity index (χ3v) is 2.36. The maximum Gasteiger partial charge on any atom is 0.128 e. The fourth-order valence-corrected chi connectivity index (χ4v) is 1.51. The fraction of sp³-hybridized carbons (Fsp3) is 0.300. The maximum atomic E-state index is 5.80. The standard InChI is InChI=1S/C10H11ClN2/c1-8-2-4-9(5-3-8)13-7-6-10(11)12-13/h2-5H,6-7H2,1H3. The van der Waals surface area contributed by atoms with E-state index in [1.807, 2.05) is 5.01 Å². The second kappa shape index (κ2) is 3.38. The number of rotatable bonds is 1. The molecule has 0 spiro atoms. The van der Waals surface area contributed by atoms with E-state index >= 15 is 0 Å². The zero-order valence-corrected chi connectivity index (χ0v) is 8.25. The third-order valence-electron chi connectivity index (χ3n) is 2.09. The molecule has 0 unspecified atom stereocenters. The van der Waals surface area contributed by atoms with Crippen LogP contribution in [0.2, 0.25) is 0 Å². The van der Waals surface area contributed by atoms with Gasteiger partial charge < -0.3 is 0 Å². The molecule has 68 valence electrons. The number of nitrogens with zero attached hydrogens (tertiary/aromatic N) is 2. The summed E-state index contributed by atoms with van der Waals surface area (Å²) < 4.78 is 0. The minimum absolute atomic E-state index is 0.695. The van der Waals surface area contributed by atoms with Gasteiger partial charge in [-0.1, -0.05) is 29.3 Å². The van der Waals surface area contributed by atoms with E-state index in [2.05, 4.69) is 36.3 Å². The number of hydrogen-bond donors (Lipinski definition) is 0. The van der Waals surface area contributed by atoms with Crippen LogP contribution in [0.4, 0.5) is 5.69 Å². The molecule has 1 heterocycles. The van der Waals surface area contributed by atoms with E-state index in [0.29, 0.717) is 5.17 Å². The lowest BCUT2D eigenvalue weighted by Gasteiger charge is -2.12. The molecular formula is C10H11ClN2. The maximum absolute atomic E-state index is 5.80.